The lowest BCUT2D eigenvalue weighted by Gasteiger charge is -2.25. The van der Waals surface area contributed by atoms with Gasteiger partial charge in [-0.25, -0.2) is 0 Å². The van der Waals surface area contributed by atoms with E-state index in [-0.39, 0.29) is 17.7 Å². The SMILES string of the molecule is CCN(C(=O)C1CC2CCCCC2N1)c1cccc(O)c1. The van der Waals surface area contributed by atoms with E-state index in [0.717, 1.165) is 12.1 Å². The van der Waals surface area contributed by atoms with Gasteiger partial charge in [0.2, 0.25) is 5.91 Å². The fraction of sp³-hybridized carbons (Fsp3) is 0.588. The molecule has 0 aromatic heterocycles. The molecule has 3 atom stereocenters. The van der Waals surface area contributed by atoms with E-state index >= 15 is 0 Å². The summed E-state index contributed by atoms with van der Waals surface area (Å²) in [5.74, 6) is 1.000. The minimum Gasteiger partial charge on any atom is -0.508 e. The maximum absolute atomic E-state index is 12.8. The van der Waals surface area contributed by atoms with Crippen LogP contribution in [-0.2, 0) is 4.79 Å². The molecular weight excluding hydrogens is 264 g/mol. The molecule has 2 N–H and O–H groups in total. The fourth-order valence-electron chi connectivity index (χ4n) is 3.83. The van der Waals surface area contributed by atoms with E-state index in [1.54, 1.807) is 23.1 Å². The van der Waals surface area contributed by atoms with Crippen LogP contribution >= 0.6 is 0 Å². The van der Waals surface area contributed by atoms with Crippen LogP contribution in [0.2, 0.25) is 0 Å². The number of nitrogens with zero attached hydrogens (tertiary/aromatic N) is 1. The fourth-order valence-corrected chi connectivity index (χ4v) is 3.83. The van der Waals surface area contributed by atoms with Gasteiger partial charge in [-0.2, -0.15) is 0 Å². The Labute approximate surface area is 126 Å². The quantitative estimate of drug-likeness (QED) is 0.899. The molecule has 21 heavy (non-hydrogen) atoms. The average Bonchev–Trinajstić information content (AvgIpc) is 2.92. The van der Waals surface area contributed by atoms with Crippen molar-refractivity contribution in [2.24, 2.45) is 5.92 Å². The molecule has 3 rings (SSSR count). The standard InChI is InChI=1S/C17H24N2O2/c1-2-19(13-7-5-8-14(20)11-13)17(21)16-10-12-6-3-4-9-15(12)18-16/h5,7-8,11-12,15-16,18,20H,2-4,6,9-10H2,1H3. The summed E-state index contributed by atoms with van der Waals surface area (Å²) >= 11 is 0. The smallest absolute Gasteiger partial charge is 0.244 e. The van der Waals surface area contributed by atoms with Gasteiger partial charge in [0.05, 0.1) is 6.04 Å². The van der Waals surface area contributed by atoms with Gasteiger partial charge in [0.25, 0.3) is 0 Å². The van der Waals surface area contributed by atoms with Crippen molar-refractivity contribution in [1.82, 2.24) is 5.32 Å². The number of aromatic hydroxyl groups is 1. The van der Waals surface area contributed by atoms with Crippen molar-refractivity contribution in [3.63, 3.8) is 0 Å². The van der Waals surface area contributed by atoms with Crippen LogP contribution in [0.1, 0.15) is 39.0 Å². The number of phenols is 1. The summed E-state index contributed by atoms with van der Waals surface area (Å²) in [5.41, 5.74) is 0.777. The van der Waals surface area contributed by atoms with E-state index in [2.05, 4.69) is 5.32 Å². The lowest BCUT2D eigenvalue weighted by Crippen LogP contribution is -2.45. The second-order valence-electron chi connectivity index (χ2n) is 6.21. The maximum atomic E-state index is 12.8. The molecule has 1 saturated heterocycles. The zero-order chi connectivity index (χ0) is 14.8. The predicted octanol–water partition coefficient (Wildman–Crippen LogP) is 2.67. The minimum atomic E-state index is -0.0691. The summed E-state index contributed by atoms with van der Waals surface area (Å²) in [6.45, 7) is 2.60. The normalized spacial score (nSPS) is 28.1. The van der Waals surface area contributed by atoms with Gasteiger partial charge >= 0.3 is 0 Å². The molecule has 1 aromatic rings. The Balaban J connectivity index is 1.74. The molecule has 3 unspecified atom stereocenters. The van der Waals surface area contributed by atoms with Gasteiger partial charge in [0.15, 0.2) is 0 Å². The van der Waals surface area contributed by atoms with Crippen molar-refractivity contribution < 1.29 is 9.90 Å². The Morgan fingerprint density at radius 2 is 2.19 bits per heavy atom. The summed E-state index contributed by atoms with van der Waals surface area (Å²) in [7, 11) is 0. The molecule has 1 aromatic carbocycles. The molecule has 4 nitrogen and oxygen atoms in total. The van der Waals surface area contributed by atoms with E-state index in [1.807, 2.05) is 13.0 Å². The molecule has 2 fully saturated rings. The van der Waals surface area contributed by atoms with Gasteiger partial charge in [0.1, 0.15) is 5.75 Å². The number of carbonyl (C=O) groups is 1. The Kier molecular flexibility index (Phi) is 4.15. The van der Waals surface area contributed by atoms with E-state index in [4.69, 9.17) is 0 Å². The van der Waals surface area contributed by atoms with Gasteiger partial charge < -0.3 is 15.3 Å². The first-order chi connectivity index (χ1) is 10.2. The van der Waals surface area contributed by atoms with Crippen molar-refractivity contribution in [3.8, 4) is 5.75 Å². The van der Waals surface area contributed by atoms with E-state index in [1.165, 1.54) is 25.7 Å². The molecule has 4 heteroatoms. The highest BCUT2D eigenvalue weighted by Gasteiger charge is 2.39. The number of nitrogens with one attached hydrogen (secondary N) is 1. The van der Waals surface area contributed by atoms with Gasteiger partial charge in [-0.15, -0.1) is 0 Å². The van der Waals surface area contributed by atoms with Crippen molar-refractivity contribution in [2.45, 2.75) is 51.1 Å². The van der Waals surface area contributed by atoms with Crippen molar-refractivity contribution in [3.05, 3.63) is 24.3 Å². The Morgan fingerprint density at radius 3 is 2.90 bits per heavy atom. The number of phenolic OH excluding ortho intramolecular Hbond substituents is 1. The average molecular weight is 288 g/mol. The van der Waals surface area contributed by atoms with Crippen LogP contribution in [0.15, 0.2) is 24.3 Å². The van der Waals surface area contributed by atoms with Gasteiger partial charge in [0, 0.05) is 24.3 Å². The topological polar surface area (TPSA) is 52.6 Å². The molecule has 114 valence electrons. The summed E-state index contributed by atoms with van der Waals surface area (Å²) in [6, 6.07) is 7.40. The van der Waals surface area contributed by atoms with Gasteiger partial charge in [-0.3, -0.25) is 4.79 Å². The zero-order valence-corrected chi connectivity index (χ0v) is 12.6. The molecule has 0 radical (unpaired) electrons. The second kappa shape index (κ2) is 6.06. The number of carbonyl (C=O) groups excluding carboxylic acids is 1. The largest absolute Gasteiger partial charge is 0.508 e. The lowest BCUT2D eigenvalue weighted by molar-refractivity contribution is -0.120. The maximum Gasteiger partial charge on any atom is 0.244 e. The first-order valence-electron chi connectivity index (χ1n) is 8.05. The molecule has 2 aliphatic rings. The number of benzene rings is 1. The molecular formula is C17H24N2O2. The number of hydrogen-bond donors (Lipinski definition) is 2. The molecule has 1 heterocycles. The molecule has 1 saturated carbocycles. The van der Waals surface area contributed by atoms with Gasteiger partial charge in [-0.05, 0) is 44.2 Å². The van der Waals surface area contributed by atoms with Gasteiger partial charge in [-0.1, -0.05) is 18.9 Å². The molecule has 1 amide bonds. The monoisotopic (exact) mass is 288 g/mol. The third-order valence-corrected chi connectivity index (χ3v) is 4.88. The van der Waals surface area contributed by atoms with Crippen LogP contribution in [0.5, 0.6) is 5.75 Å². The van der Waals surface area contributed by atoms with E-state index in [9.17, 15) is 9.90 Å². The highest BCUT2D eigenvalue weighted by Crippen LogP contribution is 2.34. The summed E-state index contributed by atoms with van der Waals surface area (Å²) in [5, 5.41) is 13.2. The van der Waals surface area contributed by atoms with Crippen molar-refractivity contribution in [2.75, 3.05) is 11.4 Å². The predicted molar refractivity (Wildman–Crippen MR) is 83.4 cm³/mol. The van der Waals surface area contributed by atoms with Crippen LogP contribution in [0.3, 0.4) is 0 Å². The first kappa shape index (κ1) is 14.4. The highest BCUT2D eigenvalue weighted by atomic mass is 16.3. The number of anilines is 1. The first-order valence-corrected chi connectivity index (χ1v) is 8.05. The summed E-state index contributed by atoms with van der Waals surface area (Å²) < 4.78 is 0. The third kappa shape index (κ3) is 2.91. The Bertz CT molecular complexity index is 503. The number of fused-ring (bicyclic) bond motifs is 1. The number of amides is 1. The molecule has 1 aliphatic carbocycles. The van der Waals surface area contributed by atoms with Crippen LogP contribution in [0.4, 0.5) is 5.69 Å². The van der Waals surface area contributed by atoms with Crippen LogP contribution in [0, 0.1) is 5.92 Å². The van der Waals surface area contributed by atoms with E-state index in [0.29, 0.717) is 18.5 Å². The van der Waals surface area contributed by atoms with E-state index < -0.39 is 0 Å². The Hall–Kier alpha value is -1.55. The Morgan fingerprint density at radius 1 is 1.38 bits per heavy atom. The zero-order valence-electron chi connectivity index (χ0n) is 12.6. The van der Waals surface area contributed by atoms with Crippen molar-refractivity contribution >= 4 is 11.6 Å². The van der Waals surface area contributed by atoms with Crippen LogP contribution < -0.4 is 10.2 Å². The van der Waals surface area contributed by atoms with Crippen molar-refractivity contribution in [1.29, 1.82) is 0 Å². The summed E-state index contributed by atoms with van der Waals surface area (Å²) in [6.07, 6.45) is 5.98. The van der Waals surface area contributed by atoms with Crippen LogP contribution in [0.25, 0.3) is 0 Å². The number of hydrogen-bond acceptors (Lipinski definition) is 3. The number of rotatable bonds is 3. The van der Waals surface area contributed by atoms with Crippen LogP contribution in [-0.4, -0.2) is 29.6 Å². The molecule has 0 spiro atoms. The summed E-state index contributed by atoms with van der Waals surface area (Å²) in [4.78, 5) is 14.6. The number of likely N-dealkylation sites (N-methyl/N-ethyl adjacent to an activating group) is 1. The molecule has 0 bridgehead atoms. The minimum absolute atomic E-state index is 0.0691. The lowest BCUT2D eigenvalue weighted by atomic mass is 9.85. The molecule has 1 aliphatic heterocycles. The third-order valence-electron chi connectivity index (χ3n) is 4.88. The second-order valence-corrected chi connectivity index (χ2v) is 6.21. The highest BCUT2D eigenvalue weighted by molar-refractivity contribution is 5.97.